The molecule has 0 radical (unpaired) electrons. The monoisotopic (exact) mass is 379 g/mol. The third kappa shape index (κ3) is 4.19. The van der Waals surface area contributed by atoms with Gasteiger partial charge in [0.05, 0.1) is 6.04 Å². The van der Waals surface area contributed by atoms with Crippen molar-refractivity contribution in [2.24, 2.45) is 0 Å². The topological polar surface area (TPSA) is 49.3 Å². The number of fused-ring (bicyclic) bond motifs is 1. The zero-order valence-electron chi connectivity index (χ0n) is 15.8. The van der Waals surface area contributed by atoms with Crippen LogP contribution in [0.2, 0.25) is 0 Å². The number of carbonyl (C=O) groups is 1. The predicted octanol–water partition coefficient (Wildman–Crippen LogP) is 5.73. The van der Waals surface area contributed by atoms with Crippen molar-refractivity contribution < 1.29 is 9.90 Å². The summed E-state index contributed by atoms with van der Waals surface area (Å²) in [5.41, 5.74) is 2.27. The second-order valence-corrected chi connectivity index (χ2v) is 6.81. The summed E-state index contributed by atoms with van der Waals surface area (Å²) in [7, 11) is 0. The highest BCUT2D eigenvalue weighted by Gasteiger charge is 2.19. The van der Waals surface area contributed by atoms with Crippen molar-refractivity contribution in [1.82, 2.24) is 5.32 Å². The minimum Gasteiger partial charge on any atom is -0.508 e. The van der Waals surface area contributed by atoms with Crippen LogP contribution in [0.25, 0.3) is 16.8 Å². The van der Waals surface area contributed by atoms with Crippen molar-refractivity contribution >= 4 is 22.8 Å². The van der Waals surface area contributed by atoms with E-state index in [0.717, 1.165) is 16.3 Å². The fraction of sp³-hybridized carbons (Fsp3) is 0.0385. The average molecular weight is 379 g/mol. The summed E-state index contributed by atoms with van der Waals surface area (Å²) in [5, 5.41) is 15.7. The lowest BCUT2D eigenvalue weighted by Gasteiger charge is -2.19. The molecule has 0 heterocycles. The van der Waals surface area contributed by atoms with Crippen LogP contribution in [0.15, 0.2) is 103 Å². The van der Waals surface area contributed by atoms with Gasteiger partial charge in [-0.3, -0.25) is 4.79 Å². The molecular weight excluding hydrogens is 358 g/mol. The second-order valence-electron chi connectivity index (χ2n) is 6.81. The van der Waals surface area contributed by atoms with Gasteiger partial charge in [0.1, 0.15) is 5.75 Å². The summed E-state index contributed by atoms with van der Waals surface area (Å²) < 4.78 is 0. The molecule has 0 spiro atoms. The van der Waals surface area contributed by atoms with Gasteiger partial charge in [0.25, 0.3) is 5.91 Å². The summed E-state index contributed by atoms with van der Waals surface area (Å²) in [6.45, 7) is 0. The van der Waals surface area contributed by atoms with Crippen LogP contribution in [0.5, 0.6) is 5.75 Å². The van der Waals surface area contributed by atoms with Crippen molar-refractivity contribution in [2.45, 2.75) is 6.04 Å². The number of carbonyl (C=O) groups excluding carboxylic acids is 1. The molecule has 1 atom stereocenters. The summed E-state index contributed by atoms with van der Waals surface area (Å²) >= 11 is 0. The largest absolute Gasteiger partial charge is 0.508 e. The van der Waals surface area contributed by atoms with Gasteiger partial charge in [-0.1, -0.05) is 91.0 Å². The molecule has 142 valence electrons. The molecule has 3 nitrogen and oxygen atoms in total. The van der Waals surface area contributed by atoms with E-state index in [1.807, 2.05) is 91.0 Å². The molecule has 0 saturated heterocycles. The van der Waals surface area contributed by atoms with E-state index < -0.39 is 6.04 Å². The van der Waals surface area contributed by atoms with Crippen LogP contribution in [0.4, 0.5) is 0 Å². The lowest BCUT2D eigenvalue weighted by Crippen LogP contribution is -2.27. The Kier molecular flexibility index (Phi) is 5.39. The molecule has 0 bridgehead atoms. The number of rotatable bonds is 5. The predicted molar refractivity (Wildman–Crippen MR) is 118 cm³/mol. The van der Waals surface area contributed by atoms with Crippen LogP contribution in [-0.2, 0) is 0 Å². The third-order valence-electron chi connectivity index (χ3n) is 4.86. The van der Waals surface area contributed by atoms with Gasteiger partial charge in [-0.15, -0.1) is 0 Å². The van der Waals surface area contributed by atoms with Crippen molar-refractivity contribution in [2.75, 3.05) is 0 Å². The van der Waals surface area contributed by atoms with Crippen molar-refractivity contribution in [3.8, 4) is 5.75 Å². The molecule has 2 N–H and O–H groups in total. The van der Waals surface area contributed by atoms with E-state index >= 15 is 0 Å². The number of aromatic hydroxyl groups is 1. The molecule has 1 amide bonds. The first-order valence-electron chi connectivity index (χ1n) is 9.52. The highest BCUT2D eigenvalue weighted by molar-refractivity contribution is 5.95. The number of hydrogen-bond donors (Lipinski definition) is 2. The number of hydrogen-bond acceptors (Lipinski definition) is 2. The Labute approximate surface area is 170 Å². The molecule has 0 aliphatic rings. The maximum Gasteiger partial charge on any atom is 0.252 e. The molecule has 0 saturated carbocycles. The van der Waals surface area contributed by atoms with Gasteiger partial charge >= 0.3 is 0 Å². The molecule has 3 heteroatoms. The minimum atomic E-state index is -0.492. The Morgan fingerprint density at radius 3 is 2.21 bits per heavy atom. The molecule has 0 fully saturated rings. The van der Waals surface area contributed by atoms with Crippen molar-refractivity contribution in [3.63, 3.8) is 0 Å². The quantitative estimate of drug-likeness (QED) is 0.465. The first kappa shape index (κ1) is 18.5. The van der Waals surface area contributed by atoms with Gasteiger partial charge in [0.15, 0.2) is 0 Å². The van der Waals surface area contributed by atoms with Gasteiger partial charge in [-0.25, -0.2) is 0 Å². The van der Waals surface area contributed by atoms with Crippen LogP contribution in [0.1, 0.15) is 27.5 Å². The van der Waals surface area contributed by atoms with Gasteiger partial charge in [-0.05, 0) is 34.5 Å². The fourth-order valence-electron chi connectivity index (χ4n) is 3.41. The maximum absolute atomic E-state index is 12.9. The standard InChI is InChI=1S/C26H21NO2/c28-24-18-16-20-11-7-8-14-22(20)25(24)23(17-15-19-9-3-1-4-10-19)27-26(29)21-12-5-2-6-13-21/h1-18,23,28H,(H,27,29)/b17-15+. The summed E-state index contributed by atoms with van der Waals surface area (Å²) in [4.78, 5) is 12.9. The highest BCUT2D eigenvalue weighted by Crippen LogP contribution is 2.33. The van der Waals surface area contributed by atoms with Gasteiger partial charge in [-0.2, -0.15) is 0 Å². The van der Waals surface area contributed by atoms with E-state index in [1.165, 1.54) is 0 Å². The lowest BCUT2D eigenvalue weighted by molar-refractivity contribution is 0.0944. The molecule has 4 aromatic carbocycles. The van der Waals surface area contributed by atoms with E-state index in [-0.39, 0.29) is 11.7 Å². The van der Waals surface area contributed by atoms with Crippen LogP contribution in [-0.4, -0.2) is 11.0 Å². The minimum absolute atomic E-state index is 0.153. The number of nitrogens with one attached hydrogen (secondary N) is 1. The van der Waals surface area contributed by atoms with Crippen molar-refractivity contribution in [3.05, 3.63) is 120 Å². The second kappa shape index (κ2) is 8.44. The molecular formula is C26H21NO2. The molecule has 4 rings (SSSR count). The van der Waals surface area contributed by atoms with E-state index in [9.17, 15) is 9.90 Å². The normalized spacial score (nSPS) is 12.1. The van der Waals surface area contributed by atoms with E-state index in [4.69, 9.17) is 0 Å². The number of benzene rings is 4. The highest BCUT2D eigenvalue weighted by atomic mass is 16.3. The Balaban J connectivity index is 1.77. The third-order valence-corrected chi connectivity index (χ3v) is 4.86. The molecule has 1 unspecified atom stereocenters. The van der Waals surface area contributed by atoms with E-state index in [0.29, 0.717) is 11.1 Å². The van der Waals surface area contributed by atoms with Crippen LogP contribution >= 0.6 is 0 Å². The van der Waals surface area contributed by atoms with Crippen molar-refractivity contribution in [1.29, 1.82) is 0 Å². The first-order chi connectivity index (χ1) is 14.2. The molecule has 4 aromatic rings. The van der Waals surface area contributed by atoms with Crippen LogP contribution in [0, 0.1) is 0 Å². The van der Waals surface area contributed by atoms with Gasteiger partial charge in [0, 0.05) is 11.1 Å². The summed E-state index contributed by atoms with van der Waals surface area (Å²) in [5.74, 6) is -0.0413. The summed E-state index contributed by atoms with van der Waals surface area (Å²) in [6.07, 6.45) is 3.87. The Morgan fingerprint density at radius 1 is 0.793 bits per heavy atom. The summed E-state index contributed by atoms with van der Waals surface area (Å²) in [6, 6.07) is 29.9. The zero-order chi connectivity index (χ0) is 20.1. The number of amides is 1. The average Bonchev–Trinajstić information content (AvgIpc) is 2.78. The Hall–Kier alpha value is -3.85. The number of phenols is 1. The molecule has 29 heavy (non-hydrogen) atoms. The molecule has 0 aliphatic carbocycles. The number of phenolic OH excluding ortho intramolecular Hbond substituents is 1. The fourth-order valence-corrected chi connectivity index (χ4v) is 3.41. The Bertz CT molecular complexity index is 1150. The smallest absolute Gasteiger partial charge is 0.252 e. The molecule has 0 aliphatic heterocycles. The Morgan fingerprint density at radius 2 is 1.45 bits per heavy atom. The maximum atomic E-state index is 12.9. The van der Waals surface area contributed by atoms with E-state index in [2.05, 4.69) is 5.32 Å². The lowest BCUT2D eigenvalue weighted by atomic mass is 9.96. The SMILES string of the molecule is O=C(NC(/C=C/c1ccccc1)c1c(O)ccc2ccccc12)c1ccccc1. The zero-order valence-corrected chi connectivity index (χ0v) is 15.8. The molecule has 0 aromatic heterocycles. The van der Waals surface area contributed by atoms with Gasteiger partial charge < -0.3 is 10.4 Å². The van der Waals surface area contributed by atoms with Gasteiger partial charge in [0.2, 0.25) is 0 Å². The first-order valence-corrected chi connectivity index (χ1v) is 9.52. The van der Waals surface area contributed by atoms with Crippen LogP contribution < -0.4 is 5.32 Å². The van der Waals surface area contributed by atoms with E-state index in [1.54, 1.807) is 18.2 Å². The van der Waals surface area contributed by atoms with Crippen LogP contribution in [0.3, 0.4) is 0 Å².